The Morgan fingerprint density at radius 2 is 2.20 bits per heavy atom. The zero-order valence-corrected chi connectivity index (χ0v) is 9.15. The van der Waals surface area contributed by atoms with Crippen molar-refractivity contribution < 1.29 is 9.59 Å². The van der Waals surface area contributed by atoms with E-state index in [9.17, 15) is 9.59 Å². The van der Waals surface area contributed by atoms with Crippen molar-refractivity contribution in [1.82, 2.24) is 0 Å². The monoisotopic (exact) mass is 243 g/mol. The molecule has 0 atom stereocenters. The molecule has 2 rings (SSSR count). The van der Waals surface area contributed by atoms with Gasteiger partial charge in [0.1, 0.15) is 0 Å². The van der Waals surface area contributed by atoms with Crippen molar-refractivity contribution >= 4 is 40.6 Å². The Bertz CT molecular complexity index is 457. The molecule has 1 aromatic carbocycles. The number of hydrogen-bond acceptors (Lipinski definition) is 2. The Hall–Kier alpha value is -1.06. The van der Waals surface area contributed by atoms with E-state index in [4.69, 9.17) is 23.2 Å². The van der Waals surface area contributed by atoms with Crippen molar-refractivity contribution in [3.63, 3.8) is 0 Å². The highest BCUT2D eigenvalue weighted by Gasteiger charge is 2.24. The number of hydrogen-bond donors (Lipinski definition) is 1. The second-order valence-corrected chi connectivity index (χ2v) is 3.97. The Balaban J connectivity index is 2.56. The average Bonchev–Trinajstić information content (AvgIpc) is 2.55. The van der Waals surface area contributed by atoms with Crippen LogP contribution in [-0.4, -0.2) is 17.6 Å². The summed E-state index contributed by atoms with van der Waals surface area (Å²) in [6.45, 7) is 0. The molecule has 1 heterocycles. The third kappa shape index (κ3) is 1.85. The van der Waals surface area contributed by atoms with Crippen LogP contribution in [0.3, 0.4) is 0 Å². The summed E-state index contributed by atoms with van der Waals surface area (Å²) in [5, 5.41) is 3.07. The van der Waals surface area contributed by atoms with E-state index in [2.05, 4.69) is 5.32 Å². The highest BCUT2D eigenvalue weighted by molar-refractivity contribution is 6.34. The molecule has 0 spiro atoms. The third-order valence-electron chi connectivity index (χ3n) is 2.22. The summed E-state index contributed by atoms with van der Waals surface area (Å²) in [5.41, 5.74) is 1.69. The molecule has 1 aliphatic rings. The van der Waals surface area contributed by atoms with Crippen molar-refractivity contribution in [3.05, 3.63) is 28.3 Å². The Morgan fingerprint density at radius 3 is 2.87 bits per heavy atom. The zero-order chi connectivity index (χ0) is 11.0. The molecule has 0 saturated carbocycles. The molecule has 1 N–H and O–H groups in total. The molecule has 1 aliphatic heterocycles. The molecule has 0 aliphatic carbocycles. The van der Waals surface area contributed by atoms with E-state index in [0.29, 0.717) is 16.3 Å². The highest BCUT2D eigenvalue weighted by Crippen LogP contribution is 2.31. The normalized spacial score (nSPS) is 13.6. The first-order chi connectivity index (χ1) is 7.11. The van der Waals surface area contributed by atoms with Crippen LogP contribution in [0.1, 0.15) is 15.9 Å². The number of anilines is 1. The number of fused-ring (bicyclic) bond motifs is 1. The maximum absolute atomic E-state index is 11.5. The predicted octanol–water partition coefficient (Wildman–Crippen LogP) is 2.26. The SMILES string of the molecule is O=C1Cc2cc(Cl)cc(C(=O)CCl)c2N1. The first-order valence-electron chi connectivity index (χ1n) is 4.33. The minimum Gasteiger partial charge on any atom is -0.325 e. The lowest BCUT2D eigenvalue weighted by molar-refractivity contribution is -0.115. The van der Waals surface area contributed by atoms with Gasteiger partial charge in [0.25, 0.3) is 0 Å². The van der Waals surface area contributed by atoms with E-state index in [1.165, 1.54) is 6.07 Å². The quantitative estimate of drug-likeness (QED) is 0.640. The minimum absolute atomic E-state index is 0.122. The van der Waals surface area contributed by atoms with E-state index < -0.39 is 0 Å². The van der Waals surface area contributed by atoms with Crippen LogP contribution in [0, 0.1) is 0 Å². The molecule has 0 bridgehead atoms. The lowest BCUT2D eigenvalue weighted by atomic mass is 10.0. The van der Waals surface area contributed by atoms with Gasteiger partial charge in [-0.3, -0.25) is 9.59 Å². The third-order valence-corrected chi connectivity index (χ3v) is 2.68. The largest absolute Gasteiger partial charge is 0.325 e. The molecule has 0 aromatic heterocycles. The van der Waals surface area contributed by atoms with Crippen LogP contribution < -0.4 is 5.32 Å². The topological polar surface area (TPSA) is 46.2 Å². The summed E-state index contributed by atoms with van der Waals surface area (Å²) >= 11 is 11.3. The number of ketones is 1. The zero-order valence-electron chi connectivity index (χ0n) is 7.64. The number of carbonyl (C=O) groups excluding carboxylic acids is 2. The van der Waals surface area contributed by atoms with Gasteiger partial charge in [0.05, 0.1) is 18.0 Å². The van der Waals surface area contributed by atoms with Gasteiger partial charge < -0.3 is 5.32 Å². The average molecular weight is 244 g/mol. The Morgan fingerprint density at radius 1 is 1.47 bits per heavy atom. The van der Waals surface area contributed by atoms with E-state index in [1.807, 2.05) is 0 Å². The van der Waals surface area contributed by atoms with Crippen molar-refractivity contribution in [2.24, 2.45) is 0 Å². The fraction of sp³-hybridized carbons (Fsp3) is 0.200. The summed E-state index contributed by atoms with van der Waals surface area (Å²) in [5.74, 6) is -0.489. The Kier molecular flexibility index (Phi) is 2.67. The molecule has 0 radical (unpaired) electrons. The highest BCUT2D eigenvalue weighted by atomic mass is 35.5. The standard InChI is InChI=1S/C10H7Cl2NO2/c11-4-8(14)7-3-6(12)1-5-2-9(15)13-10(5)7/h1,3H,2,4H2,(H,13,15). The summed E-state index contributed by atoms with van der Waals surface area (Å²) in [7, 11) is 0. The maximum Gasteiger partial charge on any atom is 0.228 e. The smallest absolute Gasteiger partial charge is 0.228 e. The van der Waals surface area contributed by atoms with Gasteiger partial charge in [-0.1, -0.05) is 11.6 Å². The molecule has 1 aromatic rings. The van der Waals surface area contributed by atoms with Crippen LogP contribution >= 0.6 is 23.2 Å². The second kappa shape index (κ2) is 3.83. The Labute approximate surface area is 96.4 Å². The van der Waals surface area contributed by atoms with Crippen molar-refractivity contribution in [1.29, 1.82) is 0 Å². The number of alkyl halides is 1. The summed E-state index contributed by atoms with van der Waals surface area (Å²) in [4.78, 5) is 22.7. The first kappa shape index (κ1) is 10.5. The molecule has 1 amide bonds. The summed E-state index contributed by atoms with van der Waals surface area (Å²) < 4.78 is 0. The lowest BCUT2D eigenvalue weighted by Crippen LogP contribution is -2.08. The van der Waals surface area contributed by atoms with Gasteiger partial charge in [0.15, 0.2) is 5.78 Å². The van der Waals surface area contributed by atoms with Crippen LogP contribution in [0.4, 0.5) is 5.69 Å². The van der Waals surface area contributed by atoms with E-state index >= 15 is 0 Å². The number of carbonyl (C=O) groups is 2. The van der Waals surface area contributed by atoms with Crippen LogP contribution in [0.15, 0.2) is 12.1 Å². The fourth-order valence-corrected chi connectivity index (χ4v) is 1.98. The van der Waals surface area contributed by atoms with Gasteiger partial charge in [-0.25, -0.2) is 0 Å². The maximum atomic E-state index is 11.5. The number of amides is 1. The van der Waals surface area contributed by atoms with E-state index in [-0.39, 0.29) is 24.0 Å². The predicted molar refractivity (Wildman–Crippen MR) is 58.8 cm³/mol. The van der Waals surface area contributed by atoms with Gasteiger partial charge in [-0.2, -0.15) is 0 Å². The van der Waals surface area contributed by atoms with E-state index in [0.717, 1.165) is 5.56 Å². The van der Waals surface area contributed by atoms with Gasteiger partial charge in [0.2, 0.25) is 5.91 Å². The lowest BCUT2D eigenvalue weighted by Gasteiger charge is -2.06. The molecular formula is C10H7Cl2NO2. The van der Waals surface area contributed by atoms with Gasteiger partial charge >= 0.3 is 0 Å². The number of rotatable bonds is 2. The van der Waals surface area contributed by atoms with Crippen molar-refractivity contribution in [3.8, 4) is 0 Å². The van der Waals surface area contributed by atoms with Crippen LogP contribution in [0.5, 0.6) is 0 Å². The number of halogens is 2. The molecule has 78 valence electrons. The summed E-state index contributed by atoms with van der Waals surface area (Å²) in [6, 6.07) is 3.20. The molecule has 5 heteroatoms. The van der Waals surface area contributed by atoms with Gasteiger partial charge in [0, 0.05) is 10.6 Å². The van der Waals surface area contributed by atoms with Crippen LogP contribution in [0.2, 0.25) is 5.02 Å². The molecule has 15 heavy (non-hydrogen) atoms. The molecule has 0 saturated heterocycles. The van der Waals surface area contributed by atoms with Crippen LogP contribution in [0.25, 0.3) is 0 Å². The van der Waals surface area contributed by atoms with Crippen molar-refractivity contribution in [2.75, 3.05) is 11.2 Å². The summed E-state index contributed by atoms with van der Waals surface area (Å²) in [6.07, 6.45) is 0.262. The molecule has 3 nitrogen and oxygen atoms in total. The fourth-order valence-electron chi connectivity index (χ4n) is 1.60. The molecule has 0 unspecified atom stereocenters. The van der Waals surface area contributed by atoms with Crippen molar-refractivity contribution in [2.45, 2.75) is 6.42 Å². The number of Topliss-reactive ketones (excluding diaryl/α,β-unsaturated/α-hetero) is 1. The van der Waals surface area contributed by atoms with Gasteiger partial charge in [-0.05, 0) is 17.7 Å². The van der Waals surface area contributed by atoms with Crippen LogP contribution in [-0.2, 0) is 11.2 Å². The second-order valence-electron chi connectivity index (χ2n) is 3.27. The minimum atomic E-state index is -0.238. The number of nitrogens with one attached hydrogen (secondary N) is 1. The molecular weight excluding hydrogens is 237 g/mol. The van der Waals surface area contributed by atoms with E-state index in [1.54, 1.807) is 6.07 Å². The first-order valence-corrected chi connectivity index (χ1v) is 5.24. The van der Waals surface area contributed by atoms with Gasteiger partial charge in [-0.15, -0.1) is 11.6 Å². The number of benzene rings is 1. The molecule has 0 fully saturated rings.